The average Bonchev–Trinajstić information content (AvgIpc) is 3.18. The zero-order chi connectivity index (χ0) is 18.6. The first-order chi connectivity index (χ1) is 13.2. The number of carbonyl (C=O) groups is 1. The van der Waals surface area contributed by atoms with Crippen LogP contribution in [0.25, 0.3) is 5.70 Å². The fourth-order valence-electron chi connectivity index (χ4n) is 2.89. The summed E-state index contributed by atoms with van der Waals surface area (Å²) in [5.41, 5.74) is 2.33. The Balaban J connectivity index is 1.59. The molecule has 136 valence electrons. The van der Waals surface area contributed by atoms with Gasteiger partial charge in [-0.15, -0.1) is 0 Å². The summed E-state index contributed by atoms with van der Waals surface area (Å²) in [7, 11) is 0. The van der Waals surface area contributed by atoms with E-state index in [4.69, 9.17) is 4.74 Å². The summed E-state index contributed by atoms with van der Waals surface area (Å²) in [5, 5.41) is 3.29. The standard InChI is InChI=1S/C20H19N5O2/c1-2-27-20(26)15-8-9-18(22-12-15)23-17-13-25(16-6-4-3-5-7-16)14-24-11-10-21-19(17)24/h3-13H,2,14H2,1H3,(H,22,23). The van der Waals surface area contributed by atoms with E-state index < -0.39 is 0 Å². The van der Waals surface area contributed by atoms with E-state index in [0.717, 1.165) is 17.2 Å². The summed E-state index contributed by atoms with van der Waals surface area (Å²) in [4.78, 5) is 22.6. The lowest BCUT2D eigenvalue weighted by atomic mass is 10.2. The smallest absolute Gasteiger partial charge is 0.339 e. The Bertz CT molecular complexity index is 964. The van der Waals surface area contributed by atoms with Crippen LogP contribution in [0.1, 0.15) is 23.1 Å². The van der Waals surface area contributed by atoms with Crippen LogP contribution in [0, 0.1) is 0 Å². The fraction of sp³-hybridized carbons (Fsp3) is 0.150. The second-order valence-corrected chi connectivity index (χ2v) is 5.99. The number of nitrogens with one attached hydrogen (secondary N) is 1. The molecular weight excluding hydrogens is 342 g/mol. The first kappa shape index (κ1) is 16.8. The van der Waals surface area contributed by atoms with E-state index in [0.29, 0.717) is 24.7 Å². The Morgan fingerprint density at radius 2 is 2.04 bits per heavy atom. The molecule has 1 aliphatic heterocycles. The van der Waals surface area contributed by atoms with Crippen LogP contribution in [0.4, 0.5) is 11.5 Å². The molecule has 2 aromatic heterocycles. The van der Waals surface area contributed by atoms with Crippen molar-refractivity contribution in [2.24, 2.45) is 0 Å². The topological polar surface area (TPSA) is 72.3 Å². The van der Waals surface area contributed by atoms with Crippen molar-refractivity contribution in [3.63, 3.8) is 0 Å². The fourth-order valence-corrected chi connectivity index (χ4v) is 2.89. The number of para-hydroxylation sites is 1. The number of ether oxygens (including phenoxy) is 1. The number of nitrogens with zero attached hydrogens (tertiary/aromatic N) is 4. The third-order valence-electron chi connectivity index (χ3n) is 4.17. The van der Waals surface area contributed by atoms with Gasteiger partial charge in [0.25, 0.3) is 0 Å². The zero-order valence-electron chi connectivity index (χ0n) is 14.9. The number of hydrogen-bond donors (Lipinski definition) is 1. The molecule has 3 aromatic rings. The molecule has 4 rings (SSSR count). The molecule has 0 aliphatic carbocycles. The van der Waals surface area contributed by atoms with E-state index in [-0.39, 0.29) is 5.97 Å². The highest BCUT2D eigenvalue weighted by atomic mass is 16.5. The van der Waals surface area contributed by atoms with E-state index >= 15 is 0 Å². The van der Waals surface area contributed by atoms with E-state index in [2.05, 4.69) is 36.9 Å². The lowest BCUT2D eigenvalue weighted by molar-refractivity contribution is 0.0526. The van der Waals surface area contributed by atoms with Crippen LogP contribution in [-0.2, 0) is 11.4 Å². The van der Waals surface area contributed by atoms with E-state index in [9.17, 15) is 4.79 Å². The van der Waals surface area contributed by atoms with Gasteiger partial charge >= 0.3 is 5.97 Å². The molecule has 0 saturated heterocycles. The van der Waals surface area contributed by atoms with E-state index in [1.807, 2.05) is 30.6 Å². The van der Waals surface area contributed by atoms with Crippen LogP contribution >= 0.6 is 0 Å². The lowest BCUT2D eigenvalue weighted by Gasteiger charge is -2.28. The SMILES string of the molecule is CCOC(=O)c1ccc(NC2=CN(c3ccccc3)Cn3ccnc32)nc1. The van der Waals surface area contributed by atoms with Gasteiger partial charge in [-0.3, -0.25) is 0 Å². The molecule has 0 bridgehead atoms. The number of fused-ring (bicyclic) bond motifs is 1. The molecule has 27 heavy (non-hydrogen) atoms. The minimum atomic E-state index is -0.376. The number of anilines is 2. The second-order valence-electron chi connectivity index (χ2n) is 5.99. The van der Waals surface area contributed by atoms with Crippen molar-refractivity contribution in [3.05, 3.63) is 78.6 Å². The Morgan fingerprint density at radius 3 is 2.78 bits per heavy atom. The summed E-state index contributed by atoms with van der Waals surface area (Å²) in [6, 6.07) is 13.6. The predicted octanol–water partition coefficient (Wildman–Crippen LogP) is 3.34. The van der Waals surface area contributed by atoms with Crippen LogP contribution in [-0.4, -0.2) is 27.1 Å². The molecule has 0 radical (unpaired) electrons. The molecule has 1 N–H and O–H groups in total. The van der Waals surface area contributed by atoms with Crippen LogP contribution < -0.4 is 10.2 Å². The Hall–Kier alpha value is -3.61. The number of hydrogen-bond acceptors (Lipinski definition) is 6. The van der Waals surface area contributed by atoms with Crippen molar-refractivity contribution in [2.75, 3.05) is 16.8 Å². The maximum atomic E-state index is 11.8. The predicted molar refractivity (Wildman–Crippen MR) is 103 cm³/mol. The minimum Gasteiger partial charge on any atom is -0.462 e. The molecule has 7 heteroatoms. The normalized spacial score (nSPS) is 12.9. The van der Waals surface area contributed by atoms with Gasteiger partial charge in [-0.25, -0.2) is 14.8 Å². The lowest BCUT2D eigenvalue weighted by Crippen LogP contribution is -2.27. The van der Waals surface area contributed by atoms with E-state index in [1.54, 1.807) is 25.3 Å². The molecular formula is C20H19N5O2. The van der Waals surface area contributed by atoms with Gasteiger partial charge in [0.1, 0.15) is 12.5 Å². The van der Waals surface area contributed by atoms with Crippen molar-refractivity contribution >= 4 is 23.2 Å². The molecule has 0 atom stereocenters. The number of aromatic nitrogens is 3. The summed E-state index contributed by atoms with van der Waals surface area (Å²) < 4.78 is 7.04. The quantitative estimate of drug-likeness (QED) is 0.703. The van der Waals surface area contributed by atoms with E-state index in [1.165, 1.54) is 6.20 Å². The highest BCUT2D eigenvalue weighted by Gasteiger charge is 2.19. The van der Waals surface area contributed by atoms with Crippen molar-refractivity contribution in [2.45, 2.75) is 13.6 Å². The Kier molecular flexibility index (Phi) is 4.57. The molecule has 0 unspecified atom stereocenters. The third kappa shape index (κ3) is 3.52. The average molecular weight is 361 g/mol. The number of benzene rings is 1. The molecule has 0 saturated carbocycles. The molecule has 0 spiro atoms. The molecule has 0 fully saturated rings. The van der Waals surface area contributed by atoms with Crippen LogP contribution in [0.3, 0.4) is 0 Å². The van der Waals surface area contributed by atoms with Crippen molar-refractivity contribution in [1.82, 2.24) is 14.5 Å². The van der Waals surface area contributed by atoms with Crippen LogP contribution in [0.5, 0.6) is 0 Å². The summed E-state index contributed by atoms with van der Waals surface area (Å²) in [6.07, 6.45) is 7.23. The molecule has 1 aromatic carbocycles. The van der Waals surface area contributed by atoms with Gasteiger partial charge in [-0.1, -0.05) is 18.2 Å². The maximum Gasteiger partial charge on any atom is 0.339 e. The Labute approximate surface area is 156 Å². The van der Waals surface area contributed by atoms with Crippen molar-refractivity contribution in [3.8, 4) is 0 Å². The molecule has 3 heterocycles. The third-order valence-corrected chi connectivity index (χ3v) is 4.17. The highest BCUT2D eigenvalue weighted by Crippen LogP contribution is 2.25. The van der Waals surface area contributed by atoms with Crippen LogP contribution in [0.15, 0.2) is 67.3 Å². The maximum absolute atomic E-state index is 11.8. The number of pyridine rings is 1. The van der Waals surface area contributed by atoms with Gasteiger partial charge in [0.15, 0.2) is 5.82 Å². The number of imidazole rings is 1. The minimum absolute atomic E-state index is 0.337. The van der Waals surface area contributed by atoms with Crippen molar-refractivity contribution in [1.29, 1.82) is 0 Å². The second kappa shape index (κ2) is 7.33. The molecule has 7 nitrogen and oxygen atoms in total. The largest absolute Gasteiger partial charge is 0.462 e. The Morgan fingerprint density at radius 1 is 1.19 bits per heavy atom. The van der Waals surface area contributed by atoms with Gasteiger partial charge in [-0.2, -0.15) is 0 Å². The van der Waals surface area contributed by atoms with Gasteiger partial charge in [0, 0.05) is 30.5 Å². The highest BCUT2D eigenvalue weighted by molar-refractivity contribution is 5.89. The molecule has 0 amide bonds. The summed E-state index contributed by atoms with van der Waals surface area (Å²) >= 11 is 0. The van der Waals surface area contributed by atoms with Crippen molar-refractivity contribution < 1.29 is 9.53 Å². The number of rotatable bonds is 5. The first-order valence-corrected chi connectivity index (χ1v) is 8.70. The number of esters is 1. The van der Waals surface area contributed by atoms with Gasteiger partial charge in [0.2, 0.25) is 0 Å². The molecule has 1 aliphatic rings. The summed E-state index contributed by atoms with van der Waals surface area (Å²) in [6.45, 7) is 2.79. The number of carbonyl (C=O) groups excluding carboxylic acids is 1. The van der Waals surface area contributed by atoms with Gasteiger partial charge in [0.05, 0.1) is 17.9 Å². The summed E-state index contributed by atoms with van der Waals surface area (Å²) in [5.74, 6) is 1.08. The van der Waals surface area contributed by atoms with Gasteiger partial charge in [-0.05, 0) is 31.2 Å². The van der Waals surface area contributed by atoms with Crippen LogP contribution in [0.2, 0.25) is 0 Å². The zero-order valence-corrected chi connectivity index (χ0v) is 14.9. The van der Waals surface area contributed by atoms with Gasteiger partial charge < -0.3 is 19.5 Å². The monoisotopic (exact) mass is 361 g/mol. The first-order valence-electron chi connectivity index (χ1n) is 8.70.